The van der Waals surface area contributed by atoms with E-state index >= 15 is 0 Å². The molecule has 0 radical (unpaired) electrons. The maximum Gasteiger partial charge on any atom is 0.123 e. The van der Waals surface area contributed by atoms with Crippen molar-refractivity contribution >= 4 is 28.4 Å². The van der Waals surface area contributed by atoms with Crippen LogP contribution in [-0.4, -0.2) is 29.3 Å². The summed E-state index contributed by atoms with van der Waals surface area (Å²) in [6.07, 6.45) is 0. The van der Waals surface area contributed by atoms with Gasteiger partial charge in [0.15, 0.2) is 0 Å². The SMILES string of the molecule is CC(C)N(CC1=C(Cl)c2cc(F)ccc2SC1)C(C)C. The first kappa shape index (κ1) is 15.9. The van der Waals surface area contributed by atoms with E-state index in [2.05, 4.69) is 32.6 Å². The largest absolute Gasteiger partial charge is 0.295 e. The zero-order valence-corrected chi connectivity index (χ0v) is 14.0. The minimum Gasteiger partial charge on any atom is -0.295 e. The first-order valence-corrected chi connectivity index (χ1v) is 8.32. The molecule has 0 atom stereocenters. The van der Waals surface area contributed by atoms with Gasteiger partial charge in [-0.2, -0.15) is 0 Å². The van der Waals surface area contributed by atoms with Crippen LogP contribution < -0.4 is 0 Å². The molecule has 1 aromatic carbocycles. The van der Waals surface area contributed by atoms with Crippen molar-refractivity contribution in [3.8, 4) is 0 Å². The molecule has 1 aliphatic heterocycles. The Morgan fingerprint density at radius 3 is 2.50 bits per heavy atom. The van der Waals surface area contributed by atoms with Gasteiger partial charge in [0.1, 0.15) is 5.82 Å². The second kappa shape index (κ2) is 6.50. The third-order valence-corrected chi connectivity index (χ3v) is 5.22. The summed E-state index contributed by atoms with van der Waals surface area (Å²) in [7, 11) is 0. The van der Waals surface area contributed by atoms with E-state index in [4.69, 9.17) is 11.6 Å². The van der Waals surface area contributed by atoms with Crippen molar-refractivity contribution in [1.82, 2.24) is 4.90 Å². The summed E-state index contributed by atoms with van der Waals surface area (Å²) in [5.74, 6) is 0.654. The highest BCUT2D eigenvalue weighted by molar-refractivity contribution is 7.99. The van der Waals surface area contributed by atoms with E-state index in [1.54, 1.807) is 17.8 Å². The molecule has 0 aliphatic carbocycles. The molecule has 1 heterocycles. The minimum absolute atomic E-state index is 0.228. The third-order valence-electron chi connectivity index (χ3n) is 3.59. The lowest BCUT2D eigenvalue weighted by Gasteiger charge is -2.33. The van der Waals surface area contributed by atoms with Gasteiger partial charge in [0.05, 0.1) is 5.03 Å². The van der Waals surface area contributed by atoms with Gasteiger partial charge in [-0.1, -0.05) is 11.6 Å². The standard InChI is InChI=1S/C16H21ClFNS/c1-10(2)19(11(3)4)8-12-9-20-15-6-5-13(18)7-14(15)16(12)17/h5-7,10-11H,8-9H2,1-4H3. The zero-order valence-electron chi connectivity index (χ0n) is 12.4. The molecule has 0 saturated heterocycles. The fourth-order valence-electron chi connectivity index (χ4n) is 2.52. The average molecular weight is 314 g/mol. The van der Waals surface area contributed by atoms with Gasteiger partial charge >= 0.3 is 0 Å². The van der Waals surface area contributed by atoms with E-state index in [0.29, 0.717) is 12.1 Å². The molecule has 1 nitrogen and oxygen atoms in total. The van der Waals surface area contributed by atoms with Crippen molar-refractivity contribution in [3.05, 3.63) is 35.2 Å². The summed E-state index contributed by atoms with van der Waals surface area (Å²) >= 11 is 8.25. The Morgan fingerprint density at radius 1 is 1.25 bits per heavy atom. The summed E-state index contributed by atoms with van der Waals surface area (Å²) < 4.78 is 13.4. The Hall–Kier alpha value is -0.510. The molecule has 0 saturated carbocycles. The van der Waals surface area contributed by atoms with Crippen molar-refractivity contribution in [3.63, 3.8) is 0 Å². The van der Waals surface area contributed by atoms with E-state index in [1.165, 1.54) is 11.6 Å². The van der Waals surface area contributed by atoms with Gasteiger partial charge in [0.2, 0.25) is 0 Å². The minimum atomic E-state index is -0.228. The number of thioether (sulfide) groups is 1. The van der Waals surface area contributed by atoms with Crippen molar-refractivity contribution in [2.24, 2.45) is 0 Å². The second-order valence-electron chi connectivity index (χ2n) is 5.71. The van der Waals surface area contributed by atoms with Crippen LogP contribution in [-0.2, 0) is 0 Å². The number of hydrogen-bond donors (Lipinski definition) is 0. The first-order chi connectivity index (χ1) is 9.40. The zero-order chi connectivity index (χ0) is 14.9. The lowest BCUT2D eigenvalue weighted by atomic mass is 10.1. The maximum absolute atomic E-state index is 13.4. The highest BCUT2D eigenvalue weighted by Crippen LogP contribution is 2.40. The van der Waals surface area contributed by atoms with Crippen LogP contribution >= 0.6 is 23.4 Å². The smallest absolute Gasteiger partial charge is 0.123 e. The number of fused-ring (bicyclic) bond motifs is 1. The van der Waals surface area contributed by atoms with Crippen LogP contribution in [0.4, 0.5) is 4.39 Å². The van der Waals surface area contributed by atoms with E-state index < -0.39 is 0 Å². The Bertz CT molecular complexity index is 517. The lowest BCUT2D eigenvalue weighted by Crippen LogP contribution is -2.39. The Balaban J connectivity index is 2.31. The third kappa shape index (κ3) is 3.38. The molecule has 4 heteroatoms. The molecule has 2 rings (SSSR count). The monoisotopic (exact) mass is 313 g/mol. The number of halogens is 2. The van der Waals surface area contributed by atoms with Crippen LogP contribution in [0.15, 0.2) is 28.7 Å². The summed E-state index contributed by atoms with van der Waals surface area (Å²) in [6, 6.07) is 5.78. The highest BCUT2D eigenvalue weighted by atomic mass is 35.5. The summed E-state index contributed by atoms with van der Waals surface area (Å²) in [5, 5.41) is 0.726. The van der Waals surface area contributed by atoms with Crippen LogP contribution in [0.5, 0.6) is 0 Å². The van der Waals surface area contributed by atoms with Crippen molar-refractivity contribution < 1.29 is 4.39 Å². The van der Waals surface area contributed by atoms with Gasteiger partial charge < -0.3 is 0 Å². The van der Waals surface area contributed by atoms with E-state index in [-0.39, 0.29) is 5.82 Å². The van der Waals surface area contributed by atoms with Crippen LogP contribution in [0.3, 0.4) is 0 Å². The highest BCUT2D eigenvalue weighted by Gasteiger charge is 2.22. The van der Waals surface area contributed by atoms with Crippen LogP contribution in [0, 0.1) is 5.82 Å². The van der Waals surface area contributed by atoms with Gasteiger partial charge in [-0.25, -0.2) is 4.39 Å². The molecule has 1 aromatic rings. The normalized spacial score (nSPS) is 15.4. The van der Waals surface area contributed by atoms with E-state index in [0.717, 1.165) is 27.8 Å². The van der Waals surface area contributed by atoms with E-state index in [9.17, 15) is 4.39 Å². The second-order valence-corrected chi connectivity index (χ2v) is 7.10. The molecule has 0 amide bonds. The first-order valence-electron chi connectivity index (χ1n) is 6.96. The Morgan fingerprint density at radius 2 is 1.90 bits per heavy atom. The molecule has 0 spiro atoms. The fraction of sp³-hybridized carbons (Fsp3) is 0.500. The van der Waals surface area contributed by atoms with E-state index in [1.807, 2.05) is 6.07 Å². The molecular weight excluding hydrogens is 293 g/mol. The molecule has 110 valence electrons. The molecular formula is C16H21ClFNS. The van der Waals surface area contributed by atoms with Gasteiger partial charge in [0, 0.05) is 34.8 Å². The lowest BCUT2D eigenvalue weighted by molar-refractivity contribution is 0.192. The molecule has 0 fully saturated rings. The quantitative estimate of drug-likeness (QED) is 0.769. The summed E-state index contributed by atoms with van der Waals surface area (Å²) in [6.45, 7) is 9.61. The summed E-state index contributed by atoms with van der Waals surface area (Å²) in [5.41, 5.74) is 2.03. The van der Waals surface area contributed by atoms with Crippen molar-refractivity contribution in [2.75, 3.05) is 12.3 Å². The fourth-order valence-corrected chi connectivity index (χ4v) is 3.98. The predicted octanol–water partition coefficient (Wildman–Crippen LogP) is 5.00. The molecule has 0 unspecified atom stereocenters. The Labute approximate surface area is 130 Å². The van der Waals surface area contributed by atoms with Gasteiger partial charge in [-0.3, -0.25) is 4.90 Å². The topological polar surface area (TPSA) is 3.24 Å². The van der Waals surface area contributed by atoms with Gasteiger partial charge in [-0.15, -0.1) is 11.8 Å². The molecule has 0 N–H and O–H groups in total. The van der Waals surface area contributed by atoms with Crippen molar-refractivity contribution in [1.29, 1.82) is 0 Å². The number of rotatable bonds is 4. The number of hydrogen-bond acceptors (Lipinski definition) is 2. The van der Waals surface area contributed by atoms with Gasteiger partial charge in [0.25, 0.3) is 0 Å². The number of benzene rings is 1. The van der Waals surface area contributed by atoms with Crippen LogP contribution in [0.1, 0.15) is 33.3 Å². The van der Waals surface area contributed by atoms with Crippen LogP contribution in [0.2, 0.25) is 0 Å². The molecule has 20 heavy (non-hydrogen) atoms. The van der Waals surface area contributed by atoms with Gasteiger partial charge in [-0.05, 0) is 51.5 Å². The molecule has 1 aliphatic rings. The number of nitrogens with zero attached hydrogens (tertiary/aromatic N) is 1. The van der Waals surface area contributed by atoms with Crippen molar-refractivity contribution in [2.45, 2.75) is 44.7 Å². The molecule has 0 aromatic heterocycles. The molecule has 0 bridgehead atoms. The summed E-state index contributed by atoms with van der Waals surface area (Å²) in [4.78, 5) is 3.48. The average Bonchev–Trinajstić information content (AvgIpc) is 2.37. The Kier molecular flexibility index (Phi) is 5.16. The maximum atomic E-state index is 13.4. The van der Waals surface area contributed by atoms with Crippen LogP contribution in [0.25, 0.3) is 5.03 Å². The predicted molar refractivity (Wildman–Crippen MR) is 86.9 cm³/mol.